The van der Waals surface area contributed by atoms with E-state index < -0.39 is 12.0 Å². The molecular formula is C22H22N4O4. The van der Waals surface area contributed by atoms with Gasteiger partial charge in [0, 0.05) is 29.6 Å². The van der Waals surface area contributed by atoms with Crippen molar-refractivity contribution in [1.82, 2.24) is 4.98 Å². The lowest BCUT2D eigenvalue weighted by atomic mass is 10.1. The molecule has 8 heteroatoms. The Labute approximate surface area is 174 Å². The first-order valence-corrected chi connectivity index (χ1v) is 9.13. The van der Waals surface area contributed by atoms with Crippen molar-refractivity contribution in [1.29, 1.82) is 0 Å². The van der Waals surface area contributed by atoms with E-state index in [1.807, 2.05) is 6.07 Å². The monoisotopic (exact) mass is 406 g/mol. The third-order valence-electron chi connectivity index (χ3n) is 4.41. The quantitative estimate of drug-likeness (QED) is 0.582. The molecule has 0 aliphatic carbocycles. The molecule has 0 radical (unpaired) electrons. The number of anilines is 2. The Morgan fingerprint density at radius 2 is 1.83 bits per heavy atom. The predicted molar refractivity (Wildman–Crippen MR) is 113 cm³/mol. The van der Waals surface area contributed by atoms with Crippen LogP contribution in [-0.4, -0.2) is 24.1 Å². The molecule has 0 unspecified atom stereocenters. The molecule has 0 spiro atoms. The summed E-state index contributed by atoms with van der Waals surface area (Å²) in [6.45, 7) is 0.232. The molecule has 8 nitrogen and oxygen atoms in total. The highest BCUT2D eigenvalue weighted by molar-refractivity contribution is 5.93. The Hall–Kier alpha value is -4.07. The van der Waals surface area contributed by atoms with Gasteiger partial charge in [-0.3, -0.25) is 14.7 Å². The van der Waals surface area contributed by atoms with E-state index in [1.54, 1.807) is 60.9 Å². The highest BCUT2D eigenvalue weighted by Gasteiger charge is 2.21. The maximum Gasteiger partial charge on any atom is 0.415 e. The average Bonchev–Trinajstić information content (AvgIpc) is 2.77. The van der Waals surface area contributed by atoms with Gasteiger partial charge in [-0.1, -0.05) is 18.2 Å². The highest BCUT2D eigenvalue weighted by atomic mass is 16.6. The first-order chi connectivity index (χ1) is 14.5. The zero-order valence-corrected chi connectivity index (χ0v) is 16.4. The van der Waals surface area contributed by atoms with Crippen LogP contribution < -0.4 is 21.1 Å². The number of primary amides is 1. The third-order valence-corrected chi connectivity index (χ3v) is 4.41. The van der Waals surface area contributed by atoms with Crippen LogP contribution in [0.3, 0.4) is 0 Å². The molecule has 3 rings (SSSR count). The van der Waals surface area contributed by atoms with Crippen molar-refractivity contribution in [3.8, 4) is 5.75 Å². The van der Waals surface area contributed by atoms with Crippen LogP contribution in [0.2, 0.25) is 0 Å². The van der Waals surface area contributed by atoms with Gasteiger partial charge in [-0.05, 0) is 35.9 Å². The molecule has 0 fully saturated rings. The summed E-state index contributed by atoms with van der Waals surface area (Å²) in [7, 11) is 1.53. The number of hydrogen-bond donors (Lipinski definition) is 2. The largest absolute Gasteiger partial charge is 0.497 e. The fraction of sp³-hybridized carbons (Fsp3) is 0.136. The van der Waals surface area contributed by atoms with E-state index in [0.29, 0.717) is 22.7 Å². The normalized spacial score (nSPS) is 10.3. The summed E-state index contributed by atoms with van der Waals surface area (Å²) in [5.41, 5.74) is 14.2. The van der Waals surface area contributed by atoms with Gasteiger partial charge >= 0.3 is 6.09 Å². The van der Waals surface area contributed by atoms with Crippen molar-refractivity contribution < 1.29 is 19.1 Å². The van der Waals surface area contributed by atoms with Crippen molar-refractivity contribution in [3.05, 3.63) is 83.7 Å². The number of pyridine rings is 1. The number of amides is 2. The lowest BCUT2D eigenvalue weighted by Crippen LogP contribution is -2.31. The smallest absolute Gasteiger partial charge is 0.415 e. The van der Waals surface area contributed by atoms with Crippen LogP contribution >= 0.6 is 0 Å². The number of ether oxygens (including phenoxy) is 2. The summed E-state index contributed by atoms with van der Waals surface area (Å²) in [4.78, 5) is 29.7. The molecule has 2 aromatic carbocycles. The SMILES string of the molecule is COc1ccc(N)c(N(Cc2ccc(C(N)=O)cc2)C(=O)OCc2cccnc2)c1. The lowest BCUT2D eigenvalue weighted by molar-refractivity contribution is 0.1000. The molecule has 154 valence electrons. The molecule has 0 atom stereocenters. The molecule has 1 heterocycles. The molecule has 0 aliphatic heterocycles. The van der Waals surface area contributed by atoms with Crippen molar-refractivity contribution in [3.63, 3.8) is 0 Å². The molecule has 0 saturated carbocycles. The molecule has 3 aromatic rings. The highest BCUT2D eigenvalue weighted by Crippen LogP contribution is 2.30. The van der Waals surface area contributed by atoms with Crippen LogP contribution in [0.1, 0.15) is 21.5 Å². The molecule has 1 aromatic heterocycles. The van der Waals surface area contributed by atoms with Crippen molar-refractivity contribution in [2.45, 2.75) is 13.2 Å². The Balaban J connectivity index is 1.87. The van der Waals surface area contributed by atoms with Gasteiger partial charge in [0.25, 0.3) is 0 Å². The van der Waals surface area contributed by atoms with E-state index in [4.69, 9.17) is 20.9 Å². The number of carbonyl (C=O) groups excluding carboxylic acids is 2. The number of carbonyl (C=O) groups is 2. The second kappa shape index (κ2) is 9.42. The van der Waals surface area contributed by atoms with Crippen LogP contribution in [-0.2, 0) is 17.9 Å². The first-order valence-electron chi connectivity index (χ1n) is 9.13. The molecule has 30 heavy (non-hydrogen) atoms. The summed E-state index contributed by atoms with van der Waals surface area (Å²) in [5, 5.41) is 0. The Bertz CT molecular complexity index is 1020. The summed E-state index contributed by atoms with van der Waals surface area (Å²) >= 11 is 0. The number of rotatable bonds is 7. The Kier molecular flexibility index (Phi) is 6.49. The second-order valence-electron chi connectivity index (χ2n) is 6.49. The van der Waals surface area contributed by atoms with Crippen LogP contribution in [0.5, 0.6) is 5.75 Å². The Morgan fingerprint density at radius 1 is 1.07 bits per heavy atom. The van der Waals surface area contributed by atoms with Crippen molar-refractivity contribution in [2.75, 3.05) is 17.7 Å². The zero-order valence-electron chi connectivity index (χ0n) is 16.4. The summed E-state index contributed by atoms with van der Waals surface area (Å²) in [5.74, 6) is 0.0275. The maximum atomic E-state index is 13.0. The number of nitrogen functional groups attached to an aromatic ring is 1. The van der Waals surface area contributed by atoms with Gasteiger partial charge in [-0.15, -0.1) is 0 Å². The van der Waals surface area contributed by atoms with Crippen LogP contribution in [0.4, 0.5) is 16.2 Å². The minimum atomic E-state index is -0.585. The maximum absolute atomic E-state index is 13.0. The fourth-order valence-corrected chi connectivity index (χ4v) is 2.80. The van der Waals surface area contributed by atoms with Gasteiger partial charge in [0.2, 0.25) is 5.91 Å². The van der Waals surface area contributed by atoms with Gasteiger partial charge in [0.05, 0.1) is 25.0 Å². The number of methoxy groups -OCH3 is 1. The van der Waals surface area contributed by atoms with E-state index in [1.165, 1.54) is 12.0 Å². The zero-order chi connectivity index (χ0) is 21.5. The average molecular weight is 406 g/mol. The van der Waals surface area contributed by atoms with Crippen molar-refractivity contribution >= 4 is 23.4 Å². The number of benzene rings is 2. The van der Waals surface area contributed by atoms with Gasteiger partial charge in [0.1, 0.15) is 12.4 Å². The molecule has 2 amide bonds. The third kappa shape index (κ3) is 5.05. The van der Waals surface area contributed by atoms with Gasteiger partial charge < -0.3 is 20.9 Å². The summed E-state index contributed by atoms with van der Waals surface area (Å²) in [6.07, 6.45) is 2.68. The molecular weight excluding hydrogens is 384 g/mol. The minimum Gasteiger partial charge on any atom is -0.497 e. The predicted octanol–water partition coefficient (Wildman–Crippen LogP) is 3.11. The minimum absolute atomic E-state index is 0.0632. The van der Waals surface area contributed by atoms with E-state index in [-0.39, 0.29) is 13.2 Å². The van der Waals surface area contributed by atoms with E-state index in [9.17, 15) is 9.59 Å². The van der Waals surface area contributed by atoms with Gasteiger partial charge in [0.15, 0.2) is 0 Å². The first kappa shape index (κ1) is 20.7. The van der Waals surface area contributed by atoms with E-state index >= 15 is 0 Å². The number of nitrogens with two attached hydrogens (primary N) is 2. The molecule has 0 aliphatic rings. The molecule has 4 N–H and O–H groups in total. The summed E-state index contributed by atoms with van der Waals surface area (Å²) in [6, 6.07) is 15.3. The van der Waals surface area contributed by atoms with Crippen LogP contribution in [0, 0.1) is 0 Å². The number of hydrogen-bond acceptors (Lipinski definition) is 6. The van der Waals surface area contributed by atoms with Crippen LogP contribution in [0.15, 0.2) is 67.0 Å². The lowest BCUT2D eigenvalue weighted by Gasteiger charge is -2.24. The topological polar surface area (TPSA) is 121 Å². The van der Waals surface area contributed by atoms with Gasteiger partial charge in [-0.25, -0.2) is 4.79 Å². The number of nitrogens with zero attached hydrogens (tertiary/aromatic N) is 2. The fourth-order valence-electron chi connectivity index (χ4n) is 2.80. The molecule has 0 saturated heterocycles. The summed E-state index contributed by atoms with van der Waals surface area (Å²) < 4.78 is 10.8. The van der Waals surface area contributed by atoms with Crippen molar-refractivity contribution in [2.24, 2.45) is 5.73 Å². The second-order valence-corrected chi connectivity index (χ2v) is 6.49. The number of aromatic nitrogens is 1. The molecule has 0 bridgehead atoms. The van der Waals surface area contributed by atoms with E-state index in [2.05, 4.69) is 4.98 Å². The Morgan fingerprint density at radius 3 is 2.47 bits per heavy atom. The van der Waals surface area contributed by atoms with Gasteiger partial charge in [-0.2, -0.15) is 0 Å². The van der Waals surface area contributed by atoms with Crippen LogP contribution in [0.25, 0.3) is 0 Å². The van der Waals surface area contributed by atoms with E-state index in [0.717, 1.165) is 11.1 Å². The standard InChI is InChI=1S/C22H22N4O4/c1-29-18-8-9-19(23)20(11-18)26(13-15-4-6-17(7-5-15)21(24)27)22(28)30-14-16-3-2-10-25-12-16/h2-12H,13-14,23H2,1H3,(H2,24,27).